The summed E-state index contributed by atoms with van der Waals surface area (Å²) in [7, 11) is -3.34. The van der Waals surface area contributed by atoms with Crippen LogP contribution in [-0.2, 0) is 23.2 Å². The molecule has 0 amide bonds. The Morgan fingerprint density at radius 1 is 0.815 bits per heavy atom. The van der Waals surface area contributed by atoms with Gasteiger partial charge in [-0.05, 0) is 62.2 Å². The molecule has 3 aliphatic rings. The van der Waals surface area contributed by atoms with E-state index in [9.17, 15) is 8.42 Å². The second-order valence-electron chi connectivity index (χ2n) is 8.42. The van der Waals surface area contributed by atoms with E-state index < -0.39 is 10.2 Å². The van der Waals surface area contributed by atoms with E-state index >= 15 is 0 Å². The Morgan fingerprint density at radius 3 is 2.19 bits per heavy atom. The Bertz CT molecular complexity index is 721. The molecule has 0 radical (unpaired) electrons. The van der Waals surface area contributed by atoms with Gasteiger partial charge in [0.25, 0.3) is 10.2 Å². The quantitative estimate of drug-likeness (QED) is 0.793. The highest BCUT2D eigenvalue weighted by Crippen LogP contribution is 2.27. The minimum Gasteiger partial charge on any atom is -0.303 e. The largest absolute Gasteiger partial charge is 0.303 e. The highest BCUT2D eigenvalue weighted by Gasteiger charge is 2.34. The molecule has 0 unspecified atom stereocenters. The number of likely N-dealkylation sites (tertiary alicyclic amines) is 1. The molecule has 5 nitrogen and oxygen atoms in total. The fourth-order valence-electron chi connectivity index (χ4n) is 4.84. The fourth-order valence-corrected chi connectivity index (χ4v) is 6.46. The summed E-state index contributed by atoms with van der Waals surface area (Å²) in [6.45, 7) is 6.10. The number of hydrogen-bond acceptors (Lipinski definition) is 3. The maximum Gasteiger partial charge on any atom is 0.282 e. The zero-order valence-corrected chi connectivity index (χ0v) is 17.2. The van der Waals surface area contributed by atoms with E-state index in [1.54, 1.807) is 8.61 Å². The molecular formula is C21H33N3O2S. The van der Waals surface area contributed by atoms with Crippen LogP contribution in [0.1, 0.15) is 49.7 Å². The summed E-state index contributed by atoms with van der Waals surface area (Å²) in [6, 6.07) is 8.22. The summed E-state index contributed by atoms with van der Waals surface area (Å²) in [5, 5.41) is 0. The van der Waals surface area contributed by atoms with Crippen molar-refractivity contribution in [1.82, 2.24) is 13.5 Å². The number of nitrogens with zero attached hydrogens (tertiary/aromatic N) is 3. The van der Waals surface area contributed by atoms with Gasteiger partial charge in [-0.15, -0.1) is 0 Å². The molecule has 1 aromatic carbocycles. The molecule has 0 atom stereocenters. The van der Waals surface area contributed by atoms with Gasteiger partial charge in [0.05, 0.1) is 0 Å². The summed E-state index contributed by atoms with van der Waals surface area (Å²) < 4.78 is 29.7. The van der Waals surface area contributed by atoms with Crippen molar-refractivity contribution >= 4 is 10.2 Å². The number of fused-ring (bicyclic) bond motifs is 1. The molecule has 6 heteroatoms. The standard InChI is InChI=1S/C21H33N3O2S/c25-27(26,24-16-11-20-7-3-4-8-21(20)18-24)23-14-9-19(10-15-23)17-22-12-5-1-2-6-13-22/h3-4,7-8,19H,1-2,5-6,9-18H2. The van der Waals surface area contributed by atoms with Crippen LogP contribution in [0.2, 0.25) is 0 Å². The summed E-state index contributed by atoms with van der Waals surface area (Å²) >= 11 is 0. The van der Waals surface area contributed by atoms with Crippen LogP contribution in [0.4, 0.5) is 0 Å². The predicted molar refractivity (Wildman–Crippen MR) is 109 cm³/mol. The molecule has 0 bridgehead atoms. The van der Waals surface area contributed by atoms with Crippen molar-refractivity contribution in [3.05, 3.63) is 35.4 Å². The van der Waals surface area contributed by atoms with Crippen molar-refractivity contribution in [1.29, 1.82) is 0 Å². The summed E-state index contributed by atoms with van der Waals surface area (Å²) in [5.74, 6) is 0.650. The first-order valence-electron chi connectivity index (χ1n) is 10.7. The van der Waals surface area contributed by atoms with E-state index in [1.165, 1.54) is 44.3 Å². The molecule has 0 aromatic heterocycles. The van der Waals surface area contributed by atoms with Crippen LogP contribution in [0.15, 0.2) is 24.3 Å². The molecule has 27 heavy (non-hydrogen) atoms. The van der Waals surface area contributed by atoms with Gasteiger partial charge >= 0.3 is 0 Å². The van der Waals surface area contributed by atoms with Gasteiger partial charge in [0.15, 0.2) is 0 Å². The van der Waals surface area contributed by atoms with Gasteiger partial charge < -0.3 is 4.90 Å². The predicted octanol–water partition coefficient (Wildman–Crippen LogP) is 2.88. The first kappa shape index (κ1) is 19.4. The van der Waals surface area contributed by atoms with E-state index in [0.717, 1.165) is 31.4 Å². The molecule has 3 heterocycles. The van der Waals surface area contributed by atoms with Gasteiger partial charge in [-0.1, -0.05) is 37.1 Å². The molecule has 2 saturated heterocycles. The number of hydrogen-bond donors (Lipinski definition) is 0. The molecule has 150 valence electrons. The normalized spacial score (nSPS) is 24.4. The first-order valence-corrected chi connectivity index (χ1v) is 12.1. The monoisotopic (exact) mass is 391 g/mol. The highest BCUT2D eigenvalue weighted by molar-refractivity contribution is 7.86. The summed E-state index contributed by atoms with van der Waals surface area (Å²) in [4.78, 5) is 2.61. The van der Waals surface area contributed by atoms with Crippen LogP contribution in [0.3, 0.4) is 0 Å². The molecule has 0 saturated carbocycles. The van der Waals surface area contributed by atoms with E-state index in [4.69, 9.17) is 0 Å². The SMILES string of the molecule is O=S(=O)(N1CCC(CN2CCCCCC2)CC1)N1CCc2ccccc2C1. The van der Waals surface area contributed by atoms with Gasteiger partial charge in [-0.2, -0.15) is 17.0 Å². The molecule has 4 rings (SSSR count). The average Bonchev–Trinajstić information content (AvgIpc) is 2.97. The molecule has 0 aliphatic carbocycles. The zero-order chi connectivity index (χ0) is 18.7. The Kier molecular flexibility index (Phi) is 6.17. The third-order valence-corrected chi connectivity index (χ3v) is 8.52. The smallest absolute Gasteiger partial charge is 0.282 e. The van der Waals surface area contributed by atoms with Crippen molar-refractivity contribution < 1.29 is 8.42 Å². The Hall–Kier alpha value is -0.950. The lowest BCUT2D eigenvalue weighted by Crippen LogP contribution is -2.49. The maximum absolute atomic E-state index is 13.1. The van der Waals surface area contributed by atoms with E-state index in [0.29, 0.717) is 32.1 Å². The van der Waals surface area contributed by atoms with Gasteiger partial charge in [0.2, 0.25) is 0 Å². The lowest BCUT2D eigenvalue weighted by atomic mass is 9.97. The van der Waals surface area contributed by atoms with Crippen molar-refractivity contribution in [2.45, 2.75) is 51.5 Å². The van der Waals surface area contributed by atoms with Gasteiger partial charge in [-0.25, -0.2) is 0 Å². The minimum absolute atomic E-state index is 0.520. The van der Waals surface area contributed by atoms with Crippen LogP contribution in [-0.4, -0.2) is 61.2 Å². The van der Waals surface area contributed by atoms with E-state index in [1.807, 2.05) is 12.1 Å². The van der Waals surface area contributed by atoms with Crippen LogP contribution in [0.25, 0.3) is 0 Å². The Balaban J connectivity index is 1.32. The molecule has 0 N–H and O–H groups in total. The van der Waals surface area contributed by atoms with Gasteiger partial charge in [0, 0.05) is 32.7 Å². The second kappa shape index (κ2) is 8.60. The van der Waals surface area contributed by atoms with Crippen molar-refractivity contribution in [3.63, 3.8) is 0 Å². The number of benzene rings is 1. The molecular weight excluding hydrogens is 358 g/mol. The van der Waals surface area contributed by atoms with Gasteiger partial charge in [0.1, 0.15) is 0 Å². The van der Waals surface area contributed by atoms with Crippen LogP contribution in [0, 0.1) is 5.92 Å². The van der Waals surface area contributed by atoms with Crippen molar-refractivity contribution in [2.24, 2.45) is 5.92 Å². The Morgan fingerprint density at radius 2 is 1.48 bits per heavy atom. The zero-order valence-electron chi connectivity index (χ0n) is 16.4. The number of rotatable bonds is 4. The summed E-state index contributed by atoms with van der Waals surface area (Å²) in [6.07, 6.45) is 8.20. The molecule has 2 fully saturated rings. The first-order chi connectivity index (χ1) is 13.1. The van der Waals surface area contributed by atoms with E-state index in [-0.39, 0.29) is 0 Å². The fraction of sp³-hybridized carbons (Fsp3) is 0.714. The lowest BCUT2D eigenvalue weighted by Gasteiger charge is -2.37. The van der Waals surface area contributed by atoms with Crippen molar-refractivity contribution in [3.8, 4) is 0 Å². The molecule has 3 aliphatic heterocycles. The average molecular weight is 392 g/mol. The third kappa shape index (κ3) is 4.56. The highest BCUT2D eigenvalue weighted by atomic mass is 32.2. The summed E-state index contributed by atoms with van der Waals surface area (Å²) in [5.41, 5.74) is 2.45. The lowest BCUT2D eigenvalue weighted by molar-refractivity contribution is 0.181. The third-order valence-electron chi connectivity index (χ3n) is 6.54. The van der Waals surface area contributed by atoms with Crippen molar-refractivity contribution in [2.75, 3.05) is 39.3 Å². The van der Waals surface area contributed by atoms with Gasteiger partial charge in [-0.3, -0.25) is 0 Å². The number of piperidine rings is 1. The Labute approximate surface area is 164 Å². The second-order valence-corrected chi connectivity index (χ2v) is 10.3. The maximum atomic E-state index is 13.1. The van der Waals surface area contributed by atoms with Crippen LogP contribution >= 0.6 is 0 Å². The van der Waals surface area contributed by atoms with Crippen LogP contribution < -0.4 is 0 Å². The topological polar surface area (TPSA) is 43.9 Å². The van der Waals surface area contributed by atoms with E-state index in [2.05, 4.69) is 17.0 Å². The minimum atomic E-state index is -3.34. The molecule has 0 spiro atoms. The molecule has 1 aromatic rings. The van der Waals surface area contributed by atoms with Crippen LogP contribution in [0.5, 0.6) is 0 Å².